The summed E-state index contributed by atoms with van der Waals surface area (Å²) in [6.07, 6.45) is -0.0705. The van der Waals surface area contributed by atoms with Crippen molar-refractivity contribution >= 4 is 23.8 Å². The van der Waals surface area contributed by atoms with E-state index >= 15 is 0 Å². The number of nitrogens with one attached hydrogen (secondary N) is 2. The van der Waals surface area contributed by atoms with Gasteiger partial charge in [-0.25, -0.2) is 9.59 Å². The van der Waals surface area contributed by atoms with Gasteiger partial charge in [0.25, 0.3) is 5.91 Å². The molecule has 0 aromatic rings. The fourth-order valence-corrected chi connectivity index (χ4v) is 1.87. The highest BCUT2D eigenvalue weighted by molar-refractivity contribution is 6.06. The zero-order valence-electron chi connectivity index (χ0n) is 12.7. The SMILES string of the molecule is CCOC(=O)C(C)NC(=O)CCN1C(=O)NC(C)(C)C1=O. The average molecular weight is 299 g/mol. The molecule has 118 valence electrons. The van der Waals surface area contributed by atoms with Gasteiger partial charge in [-0.3, -0.25) is 14.5 Å². The molecule has 1 heterocycles. The van der Waals surface area contributed by atoms with Gasteiger partial charge in [-0.1, -0.05) is 0 Å². The first-order valence-corrected chi connectivity index (χ1v) is 6.79. The molecule has 2 N–H and O–H groups in total. The van der Waals surface area contributed by atoms with Gasteiger partial charge in [0, 0.05) is 13.0 Å². The molecular weight excluding hydrogens is 278 g/mol. The second kappa shape index (κ2) is 6.55. The van der Waals surface area contributed by atoms with Crippen molar-refractivity contribution in [2.45, 2.75) is 45.7 Å². The van der Waals surface area contributed by atoms with E-state index in [-0.39, 0.29) is 25.5 Å². The van der Waals surface area contributed by atoms with Crippen molar-refractivity contribution in [1.82, 2.24) is 15.5 Å². The van der Waals surface area contributed by atoms with Gasteiger partial charge in [-0.2, -0.15) is 0 Å². The highest BCUT2D eigenvalue weighted by Crippen LogP contribution is 2.16. The Kier molecular flexibility index (Phi) is 5.28. The smallest absolute Gasteiger partial charge is 0.328 e. The van der Waals surface area contributed by atoms with Crippen LogP contribution in [0, 0.1) is 0 Å². The first-order chi connectivity index (χ1) is 9.69. The summed E-state index contributed by atoms with van der Waals surface area (Å²) in [4.78, 5) is 47.6. The summed E-state index contributed by atoms with van der Waals surface area (Å²) in [5, 5.41) is 4.98. The lowest BCUT2D eigenvalue weighted by atomic mass is 10.1. The summed E-state index contributed by atoms with van der Waals surface area (Å²) in [5.41, 5.74) is -0.953. The molecule has 0 aromatic heterocycles. The Morgan fingerprint density at radius 1 is 1.38 bits per heavy atom. The number of rotatable bonds is 6. The molecule has 1 aliphatic rings. The van der Waals surface area contributed by atoms with Crippen LogP contribution in [0.2, 0.25) is 0 Å². The lowest BCUT2D eigenvalue weighted by Crippen LogP contribution is -2.42. The Morgan fingerprint density at radius 3 is 2.48 bits per heavy atom. The largest absolute Gasteiger partial charge is 0.464 e. The Balaban J connectivity index is 2.45. The Hall–Kier alpha value is -2.12. The van der Waals surface area contributed by atoms with Crippen molar-refractivity contribution in [2.24, 2.45) is 0 Å². The first-order valence-electron chi connectivity index (χ1n) is 6.79. The minimum absolute atomic E-state index is 0.0323. The van der Waals surface area contributed by atoms with Crippen molar-refractivity contribution in [3.8, 4) is 0 Å². The minimum atomic E-state index is -0.953. The maximum Gasteiger partial charge on any atom is 0.328 e. The number of esters is 1. The zero-order chi connectivity index (χ0) is 16.2. The van der Waals surface area contributed by atoms with E-state index < -0.39 is 29.5 Å². The number of carbonyl (C=O) groups excluding carboxylic acids is 4. The molecule has 0 bridgehead atoms. The number of nitrogens with zero attached hydrogens (tertiary/aromatic N) is 1. The van der Waals surface area contributed by atoms with Crippen LogP contribution in [0.1, 0.15) is 34.1 Å². The highest BCUT2D eigenvalue weighted by atomic mass is 16.5. The maximum absolute atomic E-state index is 11.9. The molecule has 0 aliphatic carbocycles. The van der Waals surface area contributed by atoms with E-state index in [1.807, 2.05) is 0 Å². The number of ether oxygens (including phenoxy) is 1. The van der Waals surface area contributed by atoms with E-state index in [2.05, 4.69) is 10.6 Å². The second-order valence-corrected chi connectivity index (χ2v) is 5.30. The van der Waals surface area contributed by atoms with Crippen LogP contribution >= 0.6 is 0 Å². The summed E-state index contributed by atoms with van der Waals surface area (Å²) >= 11 is 0. The normalized spacial score (nSPS) is 18.2. The molecule has 0 spiro atoms. The van der Waals surface area contributed by atoms with Crippen LogP contribution < -0.4 is 10.6 Å². The van der Waals surface area contributed by atoms with Gasteiger partial charge in [-0.05, 0) is 27.7 Å². The molecule has 1 fully saturated rings. The van der Waals surface area contributed by atoms with E-state index in [4.69, 9.17) is 4.74 Å². The number of amides is 4. The maximum atomic E-state index is 11.9. The molecule has 1 unspecified atom stereocenters. The Bertz CT molecular complexity index is 461. The lowest BCUT2D eigenvalue weighted by molar-refractivity contribution is -0.147. The lowest BCUT2D eigenvalue weighted by Gasteiger charge is -2.16. The van der Waals surface area contributed by atoms with Gasteiger partial charge >= 0.3 is 12.0 Å². The topological polar surface area (TPSA) is 105 Å². The molecule has 1 saturated heterocycles. The van der Waals surface area contributed by atoms with Crippen LogP contribution in [-0.4, -0.2) is 53.4 Å². The predicted molar refractivity (Wildman–Crippen MR) is 73.2 cm³/mol. The number of imide groups is 1. The number of urea groups is 1. The monoisotopic (exact) mass is 299 g/mol. The zero-order valence-corrected chi connectivity index (χ0v) is 12.7. The van der Waals surface area contributed by atoms with Crippen molar-refractivity contribution in [1.29, 1.82) is 0 Å². The molecule has 8 heteroatoms. The molecule has 8 nitrogen and oxygen atoms in total. The van der Waals surface area contributed by atoms with Crippen LogP contribution in [-0.2, 0) is 19.1 Å². The Morgan fingerprint density at radius 2 is 2.00 bits per heavy atom. The molecular formula is C13H21N3O5. The Labute approximate surface area is 123 Å². The third kappa shape index (κ3) is 4.17. The molecule has 4 amide bonds. The summed E-state index contributed by atoms with van der Waals surface area (Å²) in [6.45, 7) is 6.57. The third-order valence-electron chi connectivity index (χ3n) is 3.02. The standard InChI is InChI=1S/C13H21N3O5/c1-5-21-10(18)8(2)14-9(17)6-7-16-11(19)13(3,4)15-12(16)20/h8H,5-7H2,1-4H3,(H,14,17)(H,15,20). The van der Waals surface area contributed by atoms with Crippen LogP contribution in [0.25, 0.3) is 0 Å². The number of carbonyl (C=O) groups is 4. The summed E-state index contributed by atoms with van der Waals surface area (Å²) in [6, 6.07) is -1.28. The quantitative estimate of drug-likeness (QED) is 0.521. The predicted octanol–water partition coefficient (Wildman–Crippen LogP) is -0.225. The van der Waals surface area contributed by atoms with Crippen LogP contribution in [0.15, 0.2) is 0 Å². The van der Waals surface area contributed by atoms with Gasteiger partial charge in [0.05, 0.1) is 6.61 Å². The van der Waals surface area contributed by atoms with Crippen molar-refractivity contribution in [2.75, 3.05) is 13.2 Å². The van der Waals surface area contributed by atoms with Crippen molar-refractivity contribution in [3.05, 3.63) is 0 Å². The van der Waals surface area contributed by atoms with Crippen molar-refractivity contribution < 1.29 is 23.9 Å². The number of hydrogen-bond acceptors (Lipinski definition) is 5. The van der Waals surface area contributed by atoms with Gasteiger partial charge in [0.2, 0.25) is 5.91 Å². The fraction of sp³-hybridized carbons (Fsp3) is 0.692. The molecule has 0 saturated carbocycles. The average Bonchev–Trinajstić information content (AvgIpc) is 2.56. The number of hydrogen-bond donors (Lipinski definition) is 2. The fourth-order valence-electron chi connectivity index (χ4n) is 1.87. The van der Waals surface area contributed by atoms with E-state index in [0.29, 0.717) is 0 Å². The third-order valence-corrected chi connectivity index (χ3v) is 3.02. The summed E-state index contributed by atoms with van der Waals surface area (Å²) < 4.78 is 4.76. The van der Waals surface area contributed by atoms with Crippen LogP contribution in [0.4, 0.5) is 4.79 Å². The van der Waals surface area contributed by atoms with Crippen LogP contribution in [0.5, 0.6) is 0 Å². The van der Waals surface area contributed by atoms with Crippen LogP contribution in [0.3, 0.4) is 0 Å². The van der Waals surface area contributed by atoms with Gasteiger partial charge < -0.3 is 15.4 Å². The van der Waals surface area contributed by atoms with Gasteiger partial charge in [0.15, 0.2) is 0 Å². The molecule has 1 atom stereocenters. The van der Waals surface area contributed by atoms with Gasteiger partial charge in [-0.15, -0.1) is 0 Å². The molecule has 0 aromatic carbocycles. The van der Waals surface area contributed by atoms with Gasteiger partial charge in [0.1, 0.15) is 11.6 Å². The highest BCUT2D eigenvalue weighted by Gasteiger charge is 2.44. The van der Waals surface area contributed by atoms with E-state index in [0.717, 1.165) is 4.90 Å². The molecule has 0 radical (unpaired) electrons. The molecule has 1 rings (SSSR count). The van der Waals surface area contributed by atoms with E-state index in [9.17, 15) is 19.2 Å². The van der Waals surface area contributed by atoms with E-state index in [1.54, 1.807) is 20.8 Å². The summed E-state index contributed by atoms with van der Waals surface area (Å²) in [7, 11) is 0. The van der Waals surface area contributed by atoms with Crippen molar-refractivity contribution in [3.63, 3.8) is 0 Å². The second-order valence-electron chi connectivity index (χ2n) is 5.30. The first kappa shape index (κ1) is 16.9. The molecule has 1 aliphatic heterocycles. The summed E-state index contributed by atoms with van der Waals surface area (Å²) in [5.74, 6) is -1.33. The molecule has 21 heavy (non-hydrogen) atoms. The minimum Gasteiger partial charge on any atom is -0.464 e. The van der Waals surface area contributed by atoms with E-state index in [1.165, 1.54) is 6.92 Å².